The number of carboxylic acid groups (broad SMARTS) is 1. The van der Waals surface area contributed by atoms with Crippen LogP contribution in [-0.2, 0) is 23.5 Å². The van der Waals surface area contributed by atoms with Crippen molar-refractivity contribution in [2.24, 2.45) is 0 Å². The Balaban J connectivity index is 0.000000218. The molecule has 0 unspecified atom stereocenters. The fourth-order valence-corrected chi connectivity index (χ4v) is 14.1. The van der Waals surface area contributed by atoms with Crippen LogP contribution < -0.4 is 30.0 Å². The van der Waals surface area contributed by atoms with Crippen molar-refractivity contribution in [3.8, 4) is 54.9 Å². The third kappa shape index (κ3) is 23.4. The molecule has 7 aromatic heterocycles. The van der Waals surface area contributed by atoms with Gasteiger partial charge in [0.25, 0.3) is 0 Å². The molecule has 0 amide bonds. The van der Waals surface area contributed by atoms with Crippen LogP contribution in [0.4, 0.5) is 0 Å². The number of aryl methyl sites for hydroxylation is 6. The predicted molar refractivity (Wildman–Crippen MR) is 454 cm³/mol. The van der Waals surface area contributed by atoms with Crippen LogP contribution in [0.2, 0.25) is 4.47 Å². The molecule has 14 aromatic rings. The molecule has 0 atom stereocenters. The SMILES string of the molecule is C.C.CCOC(=O)c1ccc(-c2nc(-c3cc4c(C)ccc(C)c4o3)ns2)cc1.CCOC(=O)c1ccc(-c2nc(Br)ns2)cc1.CCOC(=O)c1ccc(B2OC(C)(C)C(C)(C)O2)cc1.Cc1ccc(C)c2oc(-c3nsc(-c4ccc(C(=O)O)cc4)n3)cc12.Cc1ccc(C)c2oc(B(O)O)cc12.Clc1nc(Br)ns1.[Li+].[OH-]. The summed E-state index contributed by atoms with van der Waals surface area (Å²) in [7, 11) is -1.95. The van der Waals surface area contributed by atoms with Crippen LogP contribution in [0.3, 0.4) is 0 Å². The van der Waals surface area contributed by atoms with Crippen LogP contribution in [0, 0.1) is 41.5 Å². The molecule has 34 heteroatoms. The maximum absolute atomic E-state index is 11.8. The number of furan rings is 3. The summed E-state index contributed by atoms with van der Waals surface area (Å²) in [6.45, 7) is 26.6. The van der Waals surface area contributed by atoms with Gasteiger partial charge in [0.15, 0.2) is 11.5 Å². The summed E-state index contributed by atoms with van der Waals surface area (Å²) in [4.78, 5) is 62.8. The molecule has 0 spiro atoms. The predicted octanol–water partition coefficient (Wildman–Crippen LogP) is 16.4. The van der Waals surface area contributed by atoms with Gasteiger partial charge in [-0.1, -0.05) is 99.8 Å². The van der Waals surface area contributed by atoms with Gasteiger partial charge in [-0.15, -0.1) is 0 Å². The number of carbonyl (C=O) groups is 4. The van der Waals surface area contributed by atoms with E-state index < -0.39 is 20.2 Å². The maximum Gasteiger partial charge on any atom is 1.00 e. The van der Waals surface area contributed by atoms with Gasteiger partial charge in [0.1, 0.15) is 37.4 Å². The van der Waals surface area contributed by atoms with Gasteiger partial charge in [0.2, 0.25) is 25.6 Å². The van der Waals surface area contributed by atoms with Gasteiger partial charge in [-0.3, -0.25) is 0 Å². The number of benzene rings is 7. The van der Waals surface area contributed by atoms with Crippen molar-refractivity contribution in [3.63, 3.8) is 0 Å². The molecule has 1 fully saturated rings. The van der Waals surface area contributed by atoms with E-state index >= 15 is 0 Å². The molecule has 7 aromatic carbocycles. The number of halogens is 3. The molecule has 24 nitrogen and oxygen atoms in total. The van der Waals surface area contributed by atoms with Crippen molar-refractivity contribution in [3.05, 3.63) is 221 Å². The summed E-state index contributed by atoms with van der Waals surface area (Å²) in [5.41, 5.74) is 13.9. The first kappa shape index (κ1) is 93.9. The molecule has 0 saturated carbocycles. The number of hydrogen-bond donors (Lipinski definition) is 3. The standard InChI is InChI=1S/C21H18N2O3S.C19H14N2O3S.C15H21BO4.C11H9BrN2O2S.C10H11BO3.C2BrClN2S.2CH4.Li.H2O/c1-4-25-21(24)15-9-7-14(8-10-15)20-22-19(23-27-20)17-11-16-12(2)5-6-13(3)18(16)26-17;1-10-3-4-11(2)16-14(10)9-15(24-16)17-20-18(25-21-17)12-5-7-13(8-6-12)19(22)23;1-6-18-13(17)11-7-9-12(10-8-11)16-19-14(2,3)15(4,5)20-16;1-2-16-10(15)8-5-3-7(4-6-8)9-13-11(12)14-17-9;1-6-3-4-7(2)10-8(6)5-9(14-10)11(12)13;3-1-5-2(4)7-6-1;;;;/h5-11H,4H2,1-3H3;3-9H,1-2H3,(H,22,23);7-10H,6H2,1-5H3;3-6H,2H2,1H3;3-5,12-13H,1-2H3;;2*1H4;;1H2/q;;;;;;;;+1;/p-1. The van der Waals surface area contributed by atoms with Crippen molar-refractivity contribution in [1.82, 2.24) is 37.4 Å². The Bertz CT molecular complexity index is 5410. The summed E-state index contributed by atoms with van der Waals surface area (Å²) in [5, 5.41) is 32.3. The van der Waals surface area contributed by atoms with E-state index in [-0.39, 0.29) is 79.5 Å². The number of aromatic carboxylic acids is 1. The molecule has 0 radical (unpaired) electrons. The average molecular weight is 1760 g/mol. The Morgan fingerprint density at radius 2 is 0.789 bits per heavy atom. The molecule has 8 heterocycles. The van der Waals surface area contributed by atoms with Crippen LogP contribution >= 0.6 is 89.6 Å². The molecule has 114 heavy (non-hydrogen) atoms. The van der Waals surface area contributed by atoms with E-state index in [0.717, 1.165) is 115 Å². The fourth-order valence-electron chi connectivity index (χ4n) is 10.6. The number of fused-ring (bicyclic) bond motifs is 3. The van der Waals surface area contributed by atoms with E-state index in [1.54, 1.807) is 87.5 Å². The van der Waals surface area contributed by atoms with E-state index in [1.165, 1.54) is 34.6 Å². The van der Waals surface area contributed by atoms with Gasteiger partial charge >= 0.3 is 57.0 Å². The summed E-state index contributed by atoms with van der Waals surface area (Å²) in [6, 6.07) is 45.9. The first-order valence-electron chi connectivity index (χ1n) is 34.1. The van der Waals surface area contributed by atoms with Gasteiger partial charge in [0, 0.05) is 32.8 Å². The minimum atomic E-state index is -1.54. The molecule has 1 saturated heterocycles. The molecule has 0 bridgehead atoms. The Hall–Kier alpha value is -8.94. The van der Waals surface area contributed by atoms with Gasteiger partial charge in [-0.2, -0.15) is 22.5 Å². The minimum Gasteiger partial charge on any atom is -0.870 e. The number of aromatic nitrogens is 8. The van der Waals surface area contributed by atoms with Crippen LogP contribution in [0.25, 0.3) is 87.8 Å². The van der Waals surface area contributed by atoms with Gasteiger partial charge in [-0.25, -0.2) is 34.1 Å². The van der Waals surface area contributed by atoms with Gasteiger partial charge in [-0.05, 0) is 285 Å². The molecule has 1 aliphatic rings. The first-order chi connectivity index (χ1) is 52.4. The topological polar surface area (TPSA) is 348 Å². The quantitative estimate of drug-likeness (QED) is 0.0517. The van der Waals surface area contributed by atoms with Crippen molar-refractivity contribution in [1.29, 1.82) is 0 Å². The molecule has 1 aliphatic heterocycles. The summed E-state index contributed by atoms with van der Waals surface area (Å²) >= 11 is 16.6. The third-order valence-corrected chi connectivity index (χ3v) is 21.5. The third-order valence-electron chi connectivity index (χ3n) is 17.3. The van der Waals surface area contributed by atoms with Crippen LogP contribution in [0.1, 0.15) is 138 Å². The van der Waals surface area contributed by atoms with Crippen LogP contribution in [0.15, 0.2) is 174 Å². The molecule has 15 rings (SSSR count). The van der Waals surface area contributed by atoms with E-state index in [9.17, 15) is 19.2 Å². The minimum absolute atomic E-state index is 0. The largest absolute Gasteiger partial charge is 1.00 e. The number of carbonyl (C=O) groups excluding carboxylic acids is 3. The van der Waals surface area contributed by atoms with Crippen molar-refractivity contribution in [2.75, 3.05) is 19.8 Å². The Morgan fingerprint density at radius 1 is 0.465 bits per heavy atom. The number of ether oxygens (including phenoxy) is 3. The zero-order chi connectivity index (χ0) is 79.3. The molecular weight excluding hydrogens is 1680 g/mol. The molecule has 4 N–H and O–H groups in total. The molecule has 0 aliphatic carbocycles. The zero-order valence-electron chi connectivity index (χ0n) is 63.2. The van der Waals surface area contributed by atoms with E-state index in [4.69, 9.17) is 63.5 Å². The van der Waals surface area contributed by atoms with E-state index in [1.807, 2.05) is 129 Å². The Kier molecular flexibility index (Phi) is 34.7. The second-order valence-corrected chi connectivity index (χ2v) is 30.5. The summed E-state index contributed by atoms with van der Waals surface area (Å²) in [5.74, 6) is 0.514. The van der Waals surface area contributed by atoms with Crippen LogP contribution in [-0.4, -0.2) is 127 Å². The molecular formula is C80H82B2Br2ClLiN8O16S4. The van der Waals surface area contributed by atoms with Crippen LogP contribution in [0.5, 0.6) is 0 Å². The van der Waals surface area contributed by atoms with Gasteiger partial charge < -0.3 is 57.4 Å². The number of nitrogens with zero attached hydrogens (tertiary/aromatic N) is 8. The smallest absolute Gasteiger partial charge is 0.870 e. The molecule has 590 valence electrons. The number of rotatable bonds is 14. The van der Waals surface area contributed by atoms with Crippen molar-refractivity contribution >= 4 is 172 Å². The second-order valence-electron chi connectivity index (χ2n) is 25.5. The first-order valence-corrected chi connectivity index (χ1v) is 39.2. The Labute approximate surface area is 710 Å². The average Bonchev–Trinajstić information content (AvgIpc) is 1.63. The normalized spacial score (nSPS) is 12.0. The zero-order valence-corrected chi connectivity index (χ0v) is 70.4. The number of esters is 3. The Morgan fingerprint density at radius 3 is 1.10 bits per heavy atom. The van der Waals surface area contributed by atoms with Crippen molar-refractivity contribution < 1.29 is 95.4 Å². The monoisotopic (exact) mass is 1760 g/mol. The van der Waals surface area contributed by atoms with E-state index in [0.29, 0.717) is 73.6 Å². The second kappa shape index (κ2) is 42.1. The van der Waals surface area contributed by atoms with Gasteiger partial charge in [0.05, 0.1) is 53.3 Å². The number of hydrogen-bond acceptors (Lipinski definition) is 27. The maximum atomic E-state index is 11.8. The fraction of sp³-hybridized carbons (Fsp3) is 0.250. The summed E-state index contributed by atoms with van der Waals surface area (Å²) < 4.78 is 62.3. The van der Waals surface area contributed by atoms with E-state index in [2.05, 4.69) is 94.4 Å². The number of carboxylic acids is 1. The summed E-state index contributed by atoms with van der Waals surface area (Å²) in [6.07, 6.45) is 0. The van der Waals surface area contributed by atoms with Crippen molar-refractivity contribution in [2.45, 2.75) is 116 Å².